The van der Waals surface area contributed by atoms with E-state index in [0.717, 1.165) is 0 Å². The summed E-state index contributed by atoms with van der Waals surface area (Å²) in [7, 11) is 0. The average molecular weight is 205 g/mol. The molecule has 1 aromatic heterocycles. The van der Waals surface area contributed by atoms with Crippen LogP contribution in [0.1, 0.15) is 0 Å². The average Bonchev–Trinajstić information content (AvgIpc) is 1.72. The van der Waals surface area contributed by atoms with Crippen LogP contribution in [0.25, 0.3) is 0 Å². The number of pyridine rings is 1. The summed E-state index contributed by atoms with van der Waals surface area (Å²) in [6.07, 6.45) is 3.50. The monoisotopic (exact) mass is 205 g/mol. The van der Waals surface area contributed by atoms with E-state index in [9.17, 15) is 0 Å². The van der Waals surface area contributed by atoms with Gasteiger partial charge in [0.15, 0.2) is 0 Å². The first kappa shape index (κ1) is 16.0. The fourth-order valence-corrected chi connectivity index (χ4v) is 0.313. The Hall–Kier alpha value is 0.0184. The van der Waals surface area contributed by atoms with Crippen molar-refractivity contribution in [3.63, 3.8) is 0 Å². The summed E-state index contributed by atoms with van der Waals surface area (Å²) in [5, 5.41) is 0. The largest absolute Gasteiger partial charge is 0.344 e. The fraction of sp³-hybridized carbons (Fsp3) is 0. The molecular formula is C5H10AsN2S. The van der Waals surface area contributed by atoms with Crippen LogP contribution < -0.4 is 6.15 Å². The first-order valence-corrected chi connectivity index (χ1v) is 1.85. The van der Waals surface area contributed by atoms with E-state index in [1.165, 1.54) is 0 Å². The van der Waals surface area contributed by atoms with Crippen LogP contribution in [0.2, 0.25) is 0 Å². The van der Waals surface area contributed by atoms with Gasteiger partial charge >= 0.3 is 0 Å². The Kier molecular flexibility index (Phi) is 19.4. The molecule has 0 saturated heterocycles. The Bertz CT molecular complexity index is 86.9. The third-order valence-corrected chi connectivity index (χ3v) is 0.566. The second-order valence-electron chi connectivity index (χ2n) is 1.02. The summed E-state index contributed by atoms with van der Waals surface area (Å²) in [6, 6.07) is 5.72. The van der Waals surface area contributed by atoms with E-state index in [1.54, 1.807) is 12.4 Å². The quantitative estimate of drug-likeness (QED) is 0.641. The van der Waals surface area contributed by atoms with Crippen molar-refractivity contribution in [2.45, 2.75) is 0 Å². The molecule has 3 radical (unpaired) electrons. The number of hydrogen-bond acceptors (Lipinski definition) is 2. The van der Waals surface area contributed by atoms with Crippen molar-refractivity contribution >= 4 is 31.4 Å². The Balaban J connectivity index is -0.000000120. The van der Waals surface area contributed by atoms with Gasteiger partial charge < -0.3 is 6.15 Å². The molecule has 3 N–H and O–H groups in total. The van der Waals surface area contributed by atoms with Gasteiger partial charge in [0.25, 0.3) is 0 Å². The number of nitrogens with zero attached hydrogens (tertiary/aromatic N) is 1. The molecule has 0 fully saturated rings. The molecule has 1 heterocycles. The molecule has 4 heteroatoms. The van der Waals surface area contributed by atoms with Crippen molar-refractivity contribution in [1.29, 1.82) is 0 Å². The third kappa shape index (κ3) is 8.02. The van der Waals surface area contributed by atoms with Crippen LogP contribution in [0.4, 0.5) is 0 Å². The van der Waals surface area contributed by atoms with Crippen molar-refractivity contribution < 1.29 is 0 Å². The van der Waals surface area contributed by atoms with E-state index in [4.69, 9.17) is 0 Å². The standard InChI is InChI=1S/C5H5N.As.H3N.H2S/c1-2-4-6-5-3-1;;;/h1-5H;;1H3;1H2. The molecule has 0 aromatic carbocycles. The molecule has 0 amide bonds. The van der Waals surface area contributed by atoms with Gasteiger partial charge in [-0.2, -0.15) is 13.5 Å². The molecule has 2 nitrogen and oxygen atoms in total. The summed E-state index contributed by atoms with van der Waals surface area (Å²) in [5.41, 5.74) is 0. The van der Waals surface area contributed by atoms with Crippen molar-refractivity contribution in [3.05, 3.63) is 30.6 Å². The van der Waals surface area contributed by atoms with Crippen LogP contribution >= 0.6 is 13.5 Å². The smallest absolute Gasteiger partial charge is 0.0267 e. The zero-order chi connectivity index (χ0) is 4.24. The van der Waals surface area contributed by atoms with Crippen molar-refractivity contribution in [2.24, 2.45) is 0 Å². The van der Waals surface area contributed by atoms with Crippen molar-refractivity contribution in [3.8, 4) is 0 Å². The zero-order valence-corrected chi connectivity index (χ0v) is 7.86. The van der Waals surface area contributed by atoms with Crippen LogP contribution in [0, 0.1) is 0 Å². The molecule has 0 spiro atoms. The molecule has 1 aromatic rings. The predicted octanol–water partition coefficient (Wildman–Crippen LogP) is 0.976. The molecule has 9 heavy (non-hydrogen) atoms. The molecule has 1 rings (SSSR count). The van der Waals surface area contributed by atoms with Gasteiger partial charge in [-0.15, -0.1) is 0 Å². The number of hydrogen-bond donors (Lipinski definition) is 1. The summed E-state index contributed by atoms with van der Waals surface area (Å²) in [4.78, 5) is 3.78. The minimum absolute atomic E-state index is 0. The normalized spacial score (nSPS) is 5.33. The first-order chi connectivity index (χ1) is 3.00. The zero-order valence-electron chi connectivity index (χ0n) is 4.99. The SMILES string of the molecule is N.S.[As].c1ccncc1. The van der Waals surface area contributed by atoms with Crippen LogP contribution in [-0.4, -0.2) is 22.9 Å². The van der Waals surface area contributed by atoms with Gasteiger partial charge in [0.05, 0.1) is 0 Å². The van der Waals surface area contributed by atoms with E-state index in [2.05, 4.69) is 4.98 Å². The van der Waals surface area contributed by atoms with E-state index in [1.807, 2.05) is 18.2 Å². The minimum atomic E-state index is 0. The van der Waals surface area contributed by atoms with E-state index in [0.29, 0.717) is 0 Å². The van der Waals surface area contributed by atoms with E-state index < -0.39 is 0 Å². The molecule has 51 valence electrons. The van der Waals surface area contributed by atoms with Crippen molar-refractivity contribution in [1.82, 2.24) is 11.1 Å². The Morgan fingerprint density at radius 3 is 1.44 bits per heavy atom. The minimum Gasteiger partial charge on any atom is -0.344 e. The Morgan fingerprint density at radius 1 is 0.889 bits per heavy atom. The van der Waals surface area contributed by atoms with E-state index in [-0.39, 0.29) is 37.6 Å². The third-order valence-electron chi connectivity index (χ3n) is 0.566. The molecule has 0 aliphatic carbocycles. The maximum atomic E-state index is 3.78. The molecule has 0 bridgehead atoms. The van der Waals surface area contributed by atoms with Gasteiger partial charge in [-0.3, -0.25) is 4.98 Å². The van der Waals surface area contributed by atoms with Crippen LogP contribution in [0.5, 0.6) is 0 Å². The van der Waals surface area contributed by atoms with Gasteiger partial charge in [-0.25, -0.2) is 0 Å². The van der Waals surface area contributed by atoms with Gasteiger partial charge in [0, 0.05) is 30.3 Å². The van der Waals surface area contributed by atoms with Gasteiger partial charge in [0.1, 0.15) is 0 Å². The van der Waals surface area contributed by atoms with Gasteiger partial charge in [-0.05, 0) is 12.1 Å². The topological polar surface area (TPSA) is 47.9 Å². The molecule has 0 unspecified atom stereocenters. The van der Waals surface area contributed by atoms with Crippen LogP contribution in [-0.2, 0) is 0 Å². The molecule has 0 atom stereocenters. The van der Waals surface area contributed by atoms with Crippen LogP contribution in [0.3, 0.4) is 0 Å². The van der Waals surface area contributed by atoms with Gasteiger partial charge in [0.2, 0.25) is 0 Å². The van der Waals surface area contributed by atoms with Crippen LogP contribution in [0.15, 0.2) is 30.6 Å². The molecule has 0 aliphatic rings. The van der Waals surface area contributed by atoms with Crippen molar-refractivity contribution in [2.75, 3.05) is 0 Å². The number of aromatic nitrogens is 1. The first-order valence-electron chi connectivity index (χ1n) is 1.85. The summed E-state index contributed by atoms with van der Waals surface area (Å²) >= 11 is 0. The second kappa shape index (κ2) is 10.9. The molecule has 0 saturated carbocycles. The number of rotatable bonds is 0. The molecular weight excluding hydrogens is 195 g/mol. The molecule has 0 aliphatic heterocycles. The second-order valence-corrected chi connectivity index (χ2v) is 1.02. The summed E-state index contributed by atoms with van der Waals surface area (Å²) in [5.74, 6) is 0. The van der Waals surface area contributed by atoms with Gasteiger partial charge in [-0.1, -0.05) is 6.07 Å². The maximum Gasteiger partial charge on any atom is 0.0267 e. The summed E-state index contributed by atoms with van der Waals surface area (Å²) < 4.78 is 0. The Labute approximate surface area is 73.4 Å². The maximum absolute atomic E-state index is 3.78. The summed E-state index contributed by atoms with van der Waals surface area (Å²) in [6.45, 7) is 0. The van der Waals surface area contributed by atoms with E-state index >= 15 is 0 Å². The Morgan fingerprint density at radius 2 is 1.33 bits per heavy atom. The fourth-order valence-electron chi connectivity index (χ4n) is 0.313. The predicted molar refractivity (Wildman–Crippen MR) is 45.4 cm³/mol.